The van der Waals surface area contributed by atoms with Crippen LogP contribution in [0.15, 0.2) is 33.5 Å². The highest BCUT2D eigenvalue weighted by molar-refractivity contribution is 8.17. The Morgan fingerprint density at radius 1 is 1.41 bits per heavy atom. The minimum absolute atomic E-state index is 0.502. The number of benzene rings is 1. The number of hydrogen-bond acceptors (Lipinski definition) is 6. The predicted octanol–water partition coefficient (Wildman–Crippen LogP) is 3.38. The lowest BCUT2D eigenvalue weighted by molar-refractivity contribution is 0.240. The number of aliphatic imine (C=N–C) groups is 1. The standard InChI is InChI=1S/C16H16N2O2S2/c1-9(19)14-13(18-5-4-17-16(18)22-14)11-7-10-3-6-21-15(10)12(8-11)20-2/h3,6-9,19H,4-5H2,1-2H3. The lowest BCUT2D eigenvalue weighted by Crippen LogP contribution is -2.20. The first-order valence-corrected chi connectivity index (χ1v) is 8.86. The molecule has 0 spiro atoms. The van der Waals surface area contributed by atoms with E-state index in [1.165, 1.54) is 5.39 Å². The van der Waals surface area contributed by atoms with Crippen molar-refractivity contribution < 1.29 is 9.84 Å². The number of methoxy groups -OCH3 is 1. The predicted molar refractivity (Wildman–Crippen MR) is 93.6 cm³/mol. The molecule has 0 aliphatic carbocycles. The van der Waals surface area contributed by atoms with Crippen LogP contribution in [0.25, 0.3) is 15.8 Å². The molecule has 1 unspecified atom stereocenters. The van der Waals surface area contributed by atoms with E-state index in [2.05, 4.69) is 33.5 Å². The van der Waals surface area contributed by atoms with Crippen molar-refractivity contribution in [2.75, 3.05) is 20.2 Å². The van der Waals surface area contributed by atoms with Crippen LogP contribution in [0.3, 0.4) is 0 Å². The number of aliphatic hydroxyl groups excluding tert-OH is 1. The second-order valence-corrected chi connectivity index (χ2v) is 7.25. The van der Waals surface area contributed by atoms with Gasteiger partial charge in [-0.25, -0.2) is 0 Å². The third-order valence-electron chi connectivity index (χ3n) is 3.90. The van der Waals surface area contributed by atoms with Crippen molar-refractivity contribution in [1.29, 1.82) is 0 Å². The van der Waals surface area contributed by atoms with Crippen LogP contribution in [-0.2, 0) is 0 Å². The van der Waals surface area contributed by atoms with Crippen LogP contribution in [0.5, 0.6) is 5.75 Å². The molecule has 0 radical (unpaired) electrons. The fourth-order valence-electron chi connectivity index (χ4n) is 2.92. The summed E-state index contributed by atoms with van der Waals surface area (Å²) in [4.78, 5) is 7.70. The topological polar surface area (TPSA) is 45.1 Å². The number of thioether (sulfide) groups is 1. The summed E-state index contributed by atoms with van der Waals surface area (Å²) in [6.45, 7) is 3.50. The van der Waals surface area contributed by atoms with Crippen LogP contribution in [-0.4, -0.2) is 41.5 Å². The van der Waals surface area contributed by atoms with Crippen molar-refractivity contribution in [3.8, 4) is 5.75 Å². The zero-order valence-electron chi connectivity index (χ0n) is 12.4. The van der Waals surface area contributed by atoms with E-state index in [0.29, 0.717) is 0 Å². The first-order chi connectivity index (χ1) is 10.7. The molecule has 0 saturated carbocycles. The summed E-state index contributed by atoms with van der Waals surface area (Å²) in [5.74, 6) is 0.884. The maximum absolute atomic E-state index is 10.1. The molecule has 0 bridgehead atoms. The van der Waals surface area contributed by atoms with Crippen LogP contribution in [0.1, 0.15) is 12.5 Å². The SMILES string of the molecule is COc1cc(C2=C(C(C)O)SC3=NCCN32)cc2ccsc12. The van der Waals surface area contributed by atoms with E-state index >= 15 is 0 Å². The van der Waals surface area contributed by atoms with E-state index in [-0.39, 0.29) is 0 Å². The second-order valence-electron chi connectivity index (χ2n) is 5.32. The molecule has 3 heterocycles. The smallest absolute Gasteiger partial charge is 0.168 e. The molecule has 0 amide bonds. The summed E-state index contributed by atoms with van der Waals surface area (Å²) in [6.07, 6.45) is -0.502. The zero-order chi connectivity index (χ0) is 15.3. The minimum Gasteiger partial charge on any atom is -0.495 e. The van der Waals surface area contributed by atoms with Gasteiger partial charge in [0.15, 0.2) is 5.17 Å². The van der Waals surface area contributed by atoms with Crippen LogP contribution in [0.4, 0.5) is 0 Å². The molecule has 114 valence electrons. The third-order valence-corrected chi connectivity index (χ3v) is 6.13. The Bertz CT molecular complexity index is 808. The van der Waals surface area contributed by atoms with E-state index in [1.54, 1.807) is 30.2 Å². The third kappa shape index (κ3) is 2.06. The van der Waals surface area contributed by atoms with Gasteiger partial charge in [-0.05, 0) is 35.9 Å². The van der Waals surface area contributed by atoms with Gasteiger partial charge in [0.1, 0.15) is 5.75 Å². The fourth-order valence-corrected chi connectivity index (χ4v) is 4.93. The van der Waals surface area contributed by atoms with Crippen LogP contribution in [0.2, 0.25) is 0 Å². The summed E-state index contributed by atoms with van der Waals surface area (Å²) < 4.78 is 6.72. The van der Waals surface area contributed by atoms with Gasteiger partial charge in [0.05, 0.1) is 30.2 Å². The van der Waals surface area contributed by atoms with Gasteiger partial charge in [0.25, 0.3) is 0 Å². The summed E-state index contributed by atoms with van der Waals surface area (Å²) in [5.41, 5.74) is 2.15. The Kier molecular flexibility index (Phi) is 3.40. The average Bonchev–Trinajstić information content (AvgIpc) is 3.19. The molecule has 4 rings (SSSR count). The lowest BCUT2D eigenvalue weighted by Gasteiger charge is -2.19. The Balaban J connectivity index is 1.92. The minimum atomic E-state index is -0.502. The Labute approximate surface area is 137 Å². The van der Waals surface area contributed by atoms with Gasteiger partial charge >= 0.3 is 0 Å². The zero-order valence-corrected chi connectivity index (χ0v) is 14.0. The van der Waals surface area contributed by atoms with Crippen LogP contribution in [0, 0.1) is 0 Å². The molecule has 2 aliphatic rings. The number of amidine groups is 1. The summed E-state index contributed by atoms with van der Waals surface area (Å²) in [6, 6.07) is 6.35. The van der Waals surface area contributed by atoms with Gasteiger partial charge in [-0.1, -0.05) is 11.8 Å². The van der Waals surface area contributed by atoms with Gasteiger partial charge in [0, 0.05) is 17.0 Å². The molecule has 1 aromatic heterocycles. The van der Waals surface area contributed by atoms with Crippen LogP contribution < -0.4 is 4.74 Å². The monoisotopic (exact) mass is 332 g/mol. The van der Waals surface area contributed by atoms with Gasteiger partial charge < -0.3 is 14.7 Å². The van der Waals surface area contributed by atoms with Gasteiger partial charge in [-0.15, -0.1) is 11.3 Å². The largest absolute Gasteiger partial charge is 0.495 e. The highest BCUT2D eigenvalue weighted by atomic mass is 32.2. The Morgan fingerprint density at radius 2 is 2.27 bits per heavy atom. The molecule has 1 atom stereocenters. The molecule has 2 aliphatic heterocycles. The molecule has 4 nitrogen and oxygen atoms in total. The molecule has 0 saturated heterocycles. The van der Waals surface area contributed by atoms with Crippen molar-refractivity contribution in [2.45, 2.75) is 13.0 Å². The number of aliphatic hydroxyl groups is 1. The maximum Gasteiger partial charge on any atom is 0.168 e. The van der Waals surface area contributed by atoms with Gasteiger partial charge in [-0.3, -0.25) is 4.99 Å². The highest BCUT2D eigenvalue weighted by Gasteiger charge is 2.35. The fraction of sp³-hybridized carbons (Fsp3) is 0.312. The molecule has 1 aromatic carbocycles. The average molecular weight is 332 g/mol. The van der Waals surface area contributed by atoms with Crippen molar-refractivity contribution in [3.05, 3.63) is 34.0 Å². The normalized spacial score (nSPS) is 18.9. The van der Waals surface area contributed by atoms with E-state index in [1.807, 2.05) is 6.92 Å². The first-order valence-electron chi connectivity index (χ1n) is 7.16. The van der Waals surface area contributed by atoms with E-state index in [0.717, 1.165) is 44.9 Å². The lowest BCUT2D eigenvalue weighted by atomic mass is 10.1. The Morgan fingerprint density at radius 3 is 3.05 bits per heavy atom. The summed E-state index contributed by atoms with van der Waals surface area (Å²) in [5, 5.41) is 14.4. The van der Waals surface area contributed by atoms with Crippen molar-refractivity contribution in [1.82, 2.24) is 4.90 Å². The molecule has 0 fully saturated rings. The number of nitrogens with zero attached hydrogens (tertiary/aromatic N) is 2. The van der Waals surface area contributed by atoms with Crippen molar-refractivity contribution in [2.24, 2.45) is 4.99 Å². The number of thiophene rings is 1. The van der Waals surface area contributed by atoms with E-state index in [4.69, 9.17) is 4.74 Å². The van der Waals surface area contributed by atoms with Gasteiger partial charge in [-0.2, -0.15) is 0 Å². The van der Waals surface area contributed by atoms with Crippen LogP contribution >= 0.6 is 23.1 Å². The highest BCUT2D eigenvalue weighted by Crippen LogP contribution is 2.45. The molecule has 22 heavy (non-hydrogen) atoms. The number of ether oxygens (including phenoxy) is 1. The number of hydrogen-bond donors (Lipinski definition) is 1. The van der Waals surface area contributed by atoms with E-state index < -0.39 is 6.10 Å². The molecule has 1 N–H and O–H groups in total. The molecule has 2 aromatic rings. The molecular formula is C16H16N2O2S2. The van der Waals surface area contributed by atoms with Crippen molar-refractivity contribution in [3.63, 3.8) is 0 Å². The van der Waals surface area contributed by atoms with E-state index in [9.17, 15) is 5.11 Å². The Hall–Kier alpha value is -1.50. The first kappa shape index (κ1) is 14.1. The van der Waals surface area contributed by atoms with Gasteiger partial charge in [0.2, 0.25) is 0 Å². The quantitative estimate of drug-likeness (QED) is 0.936. The van der Waals surface area contributed by atoms with Crippen molar-refractivity contribution >= 4 is 44.0 Å². The summed E-state index contributed by atoms with van der Waals surface area (Å²) >= 11 is 3.26. The number of fused-ring (bicyclic) bond motifs is 2. The number of rotatable bonds is 3. The molecule has 6 heteroatoms. The second kappa shape index (κ2) is 5.30. The summed E-state index contributed by atoms with van der Waals surface area (Å²) in [7, 11) is 1.70. The maximum atomic E-state index is 10.1. The molecular weight excluding hydrogens is 316 g/mol.